The Morgan fingerprint density at radius 1 is 1.19 bits per heavy atom. The van der Waals surface area contributed by atoms with E-state index in [9.17, 15) is 24.0 Å². The molecule has 10 nitrogen and oxygen atoms in total. The SMILES string of the molecule is CC1(C)NC(=O)N(CC(=O)OCC(=O)NC(=O)NC2CCCCC2)C1=O. The Hall–Kier alpha value is -2.65. The quantitative estimate of drug-likeness (QED) is 0.463. The number of imide groups is 2. The van der Waals surface area contributed by atoms with E-state index < -0.39 is 48.5 Å². The fourth-order valence-electron chi connectivity index (χ4n) is 2.91. The molecule has 3 N–H and O–H groups in total. The highest BCUT2D eigenvalue weighted by Crippen LogP contribution is 2.17. The molecule has 0 spiro atoms. The van der Waals surface area contributed by atoms with Crippen LogP contribution in [-0.2, 0) is 19.1 Å². The van der Waals surface area contributed by atoms with Gasteiger partial charge in [0, 0.05) is 6.04 Å². The first-order chi connectivity index (χ1) is 12.2. The molecule has 26 heavy (non-hydrogen) atoms. The Balaban J connectivity index is 1.70. The highest BCUT2D eigenvalue weighted by atomic mass is 16.5. The second-order valence-corrected chi connectivity index (χ2v) is 6.96. The van der Waals surface area contributed by atoms with Gasteiger partial charge >= 0.3 is 18.0 Å². The second kappa shape index (κ2) is 8.15. The molecule has 0 bridgehead atoms. The van der Waals surface area contributed by atoms with Crippen molar-refractivity contribution in [3.8, 4) is 0 Å². The Bertz CT molecular complexity index is 612. The van der Waals surface area contributed by atoms with E-state index in [4.69, 9.17) is 4.74 Å². The smallest absolute Gasteiger partial charge is 0.326 e. The summed E-state index contributed by atoms with van der Waals surface area (Å²) in [6, 6.07) is -1.29. The lowest BCUT2D eigenvalue weighted by Gasteiger charge is -2.22. The fraction of sp³-hybridized carbons (Fsp3) is 0.688. The standard InChI is InChI=1S/C16H24N4O6/c1-16(2)13(23)20(15(25)19-16)8-12(22)26-9-11(21)18-14(24)17-10-6-4-3-5-7-10/h10H,3-9H2,1-2H3,(H,19,25)(H2,17,18,21,24). The van der Waals surface area contributed by atoms with Crippen LogP contribution in [0.2, 0.25) is 0 Å². The summed E-state index contributed by atoms with van der Waals surface area (Å²) in [5, 5.41) is 7.21. The molecule has 1 heterocycles. The molecule has 2 fully saturated rings. The number of hydrogen-bond acceptors (Lipinski definition) is 6. The maximum absolute atomic E-state index is 11.9. The van der Waals surface area contributed by atoms with Crippen molar-refractivity contribution < 1.29 is 28.7 Å². The van der Waals surface area contributed by atoms with Crippen LogP contribution < -0.4 is 16.0 Å². The van der Waals surface area contributed by atoms with Crippen LogP contribution in [0, 0.1) is 0 Å². The third-order valence-corrected chi connectivity index (χ3v) is 4.29. The Morgan fingerprint density at radius 3 is 2.42 bits per heavy atom. The van der Waals surface area contributed by atoms with Crippen LogP contribution in [0.1, 0.15) is 46.0 Å². The van der Waals surface area contributed by atoms with Gasteiger partial charge in [0.1, 0.15) is 12.1 Å². The molecule has 1 aliphatic heterocycles. The molecule has 0 radical (unpaired) electrons. The van der Waals surface area contributed by atoms with Crippen molar-refractivity contribution in [1.29, 1.82) is 0 Å². The lowest BCUT2D eigenvalue weighted by atomic mass is 9.96. The van der Waals surface area contributed by atoms with Gasteiger partial charge in [-0.25, -0.2) is 9.59 Å². The van der Waals surface area contributed by atoms with Gasteiger partial charge in [0.2, 0.25) is 0 Å². The molecule has 1 saturated heterocycles. The summed E-state index contributed by atoms with van der Waals surface area (Å²) in [7, 11) is 0. The summed E-state index contributed by atoms with van der Waals surface area (Å²) in [6.07, 6.45) is 4.97. The molecule has 0 aromatic rings. The summed E-state index contributed by atoms with van der Waals surface area (Å²) in [4.78, 5) is 59.4. The van der Waals surface area contributed by atoms with E-state index in [1.807, 2.05) is 0 Å². The zero-order valence-electron chi connectivity index (χ0n) is 14.9. The summed E-state index contributed by atoms with van der Waals surface area (Å²) in [6.45, 7) is 1.74. The van der Waals surface area contributed by atoms with Crippen molar-refractivity contribution >= 4 is 29.8 Å². The average molecular weight is 368 g/mol. The van der Waals surface area contributed by atoms with Gasteiger partial charge in [0.15, 0.2) is 6.61 Å². The average Bonchev–Trinajstić information content (AvgIpc) is 2.75. The molecule has 6 amide bonds. The van der Waals surface area contributed by atoms with Crippen LogP contribution >= 0.6 is 0 Å². The molecule has 1 saturated carbocycles. The molecular formula is C16H24N4O6. The number of esters is 1. The van der Waals surface area contributed by atoms with E-state index in [1.54, 1.807) is 0 Å². The van der Waals surface area contributed by atoms with Crippen molar-refractivity contribution in [3.05, 3.63) is 0 Å². The Labute approximate surface area is 151 Å². The van der Waals surface area contributed by atoms with Crippen molar-refractivity contribution in [2.45, 2.75) is 57.5 Å². The maximum atomic E-state index is 11.9. The zero-order valence-corrected chi connectivity index (χ0v) is 14.9. The molecule has 1 aliphatic carbocycles. The summed E-state index contributed by atoms with van der Waals surface area (Å²) < 4.78 is 4.72. The van der Waals surface area contributed by atoms with Crippen molar-refractivity contribution in [2.75, 3.05) is 13.2 Å². The first-order valence-corrected chi connectivity index (χ1v) is 8.59. The predicted molar refractivity (Wildman–Crippen MR) is 88.8 cm³/mol. The highest BCUT2D eigenvalue weighted by molar-refractivity contribution is 6.08. The Morgan fingerprint density at radius 2 is 1.85 bits per heavy atom. The van der Waals surface area contributed by atoms with Crippen LogP contribution in [-0.4, -0.2) is 59.5 Å². The van der Waals surface area contributed by atoms with Gasteiger partial charge in [-0.1, -0.05) is 19.3 Å². The number of urea groups is 2. The molecule has 0 aromatic carbocycles. The van der Waals surface area contributed by atoms with E-state index >= 15 is 0 Å². The van der Waals surface area contributed by atoms with Gasteiger partial charge in [0.05, 0.1) is 0 Å². The van der Waals surface area contributed by atoms with Crippen molar-refractivity contribution in [3.63, 3.8) is 0 Å². The van der Waals surface area contributed by atoms with E-state index in [-0.39, 0.29) is 6.04 Å². The maximum Gasteiger partial charge on any atom is 0.326 e. The molecule has 144 valence electrons. The summed E-state index contributed by atoms with van der Waals surface area (Å²) >= 11 is 0. The number of amides is 6. The molecular weight excluding hydrogens is 344 g/mol. The van der Waals surface area contributed by atoms with Crippen molar-refractivity contribution in [1.82, 2.24) is 20.9 Å². The lowest BCUT2D eigenvalue weighted by molar-refractivity contribution is -0.150. The number of hydrogen-bond donors (Lipinski definition) is 3. The molecule has 10 heteroatoms. The molecule has 0 aromatic heterocycles. The first-order valence-electron chi connectivity index (χ1n) is 8.59. The van der Waals surface area contributed by atoms with Gasteiger partial charge in [-0.2, -0.15) is 0 Å². The summed E-state index contributed by atoms with van der Waals surface area (Å²) in [5.74, 6) is -2.27. The van der Waals surface area contributed by atoms with Crippen LogP contribution in [0.15, 0.2) is 0 Å². The van der Waals surface area contributed by atoms with Gasteiger partial charge in [0.25, 0.3) is 11.8 Å². The van der Waals surface area contributed by atoms with Gasteiger partial charge in [-0.15, -0.1) is 0 Å². The number of rotatable bonds is 5. The third-order valence-electron chi connectivity index (χ3n) is 4.29. The largest absolute Gasteiger partial charge is 0.454 e. The normalized spacial score (nSPS) is 19.7. The van der Waals surface area contributed by atoms with Crippen LogP contribution in [0.5, 0.6) is 0 Å². The summed E-state index contributed by atoms with van der Waals surface area (Å²) in [5.41, 5.74) is -1.09. The first kappa shape index (κ1) is 19.7. The lowest BCUT2D eigenvalue weighted by Crippen LogP contribution is -2.46. The van der Waals surface area contributed by atoms with E-state index in [0.29, 0.717) is 0 Å². The number of carbonyl (C=O) groups excluding carboxylic acids is 5. The number of carbonyl (C=O) groups is 5. The fourth-order valence-corrected chi connectivity index (χ4v) is 2.91. The topological polar surface area (TPSA) is 134 Å². The minimum Gasteiger partial charge on any atom is -0.454 e. The molecule has 0 atom stereocenters. The van der Waals surface area contributed by atoms with Gasteiger partial charge in [-0.3, -0.25) is 24.6 Å². The van der Waals surface area contributed by atoms with E-state index in [2.05, 4.69) is 16.0 Å². The minimum atomic E-state index is -1.09. The van der Waals surface area contributed by atoms with E-state index in [0.717, 1.165) is 37.0 Å². The number of nitrogens with zero attached hydrogens (tertiary/aromatic N) is 1. The highest BCUT2D eigenvalue weighted by Gasteiger charge is 2.45. The molecule has 2 aliphatic rings. The third kappa shape index (κ3) is 5.17. The van der Waals surface area contributed by atoms with Gasteiger partial charge < -0.3 is 15.4 Å². The van der Waals surface area contributed by atoms with Crippen LogP contribution in [0.3, 0.4) is 0 Å². The van der Waals surface area contributed by atoms with Crippen molar-refractivity contribution in [2.24, 2.45) is 0 Å². The Kier molecular flexibility index (Phi) is 6.17. The number of nitrogens with one attached hydrogen (secondary N) is 3. The van der Waals surface area contributed by atoms with E-state index in [1.165, 1.54) is 13.8 Å². The van der Waals surface area contributed by atoms with Crippen LogP contribution in [0.25, 0.3) is 0 Å². The molecule has 2 rings (SSSR count). The van der Waals surface area contributed by atoms with Crippen LogP contribution in [0.4, 0.5) is 9.59 Å². The number of ether oxygens (including phenoxy) is 1. The predicted octanol–water partition coefficient (Wildman–Crippen LogP) is 0.0185. The zero-order chi connectivity index (χ0) is 19.3. The molecule has 0 unspecified atom stereocenters. The second-order valence-electron chi connectivity index (χ2n) is 6.96. The monoisotopic (exact) mass is 368 g/mol. The van der Waals surface area contributed by atoms with Gasteiger partial charge in [-0.05, 0) is 26.7 Å². The minimum absolute atomic E-state index is 0.0437.